The third-order valence-corrected chi connectivity index (χ3v) is 5.48. The van der Waals surface area contributed by atoms with Crippen LogP contribution in [0.15, 0.2) is 24.3 Å². The summed E-state index contributed by atoms with van der Waals surface area (Å²) in [7, 11) is 0. The number of halogens is 1. The molecule has 0 saturated heterocycles. The van der Waals surface area contributed by atoms with Gasteiger partial charge in [-0.15, -0.1) is 10.2 Å². The van der Waals surface area contributed by atoms with E-state index < -0.39 is 6.04 Å². The van der Waals surface area contributed by atoms with Crippen LogP contribution in [0.5, 0.6) is 0 Å². The van der Waals surface area contributed by atoms with Crippen molar-refractivity contribution >= 4 is 39.9 Å². The van der Waals surface area contributed by atoms with Crippen LogP contribution in [0.2, 0.25) is 5.02 Å². The molecule has 146 valence electrons. The van der Waals surface area contributed by atoms with Crippen molar-refractivity contribution in [1.29, 1.82) is 0 Å². The molecule has 8 heteroatoms. The Balaban J connectivity index is 2.06. The number of carbonyl (C=O) groups excluding carboxylic acids is 2. The van der Waals surface area contributed by atoms with Crippen LogP contribution >= 0.6 is 22.9 Å². The highest BCUT2D eigenvalue weighted by Gasteiger charge is 2.27. The van der Waals surface area contributed by atoms with Gasteiger partial charge >= 0.3 is 0 Å². The third-order valence-electron chi connectivity index (χ3n) is 4.33. The Kier molecular flexibility index (Phi) is 8.19. The van der Waals surface area contributed by atoms with Crippen LogP contribution in [0.3, 0.4) is 0 Å². The molecule has 6 nitrogen and oxygen atoms in total. The van der Waals surface area contributed by atoms with Crippen LogP contribution in [0.4, 0.5) is 5.13 Å². The second-order valence-electron chi connectivity index (χ2n) is 6.44. The van der Waals surface area contributed by atoms with E-state index in [0.29, 0.717) is 15.7 Å². The molecule has 0 spiro atoms. The second-order valence-corrected chi connectivity index (χ2v) is 7.94. The zero-order chi connectivity index (χ0) is 19.8. The number of nitrogens with one attached hydrogen (secondary N) is 2. The van der Waals surface area contributed by atoms with Crippen molar-refractivity contribution in [1.82, 2.24) is 15.5 Å². The first-order valence-corrected chi connectivity index (χ1v) is 10.3. The van der Waals surface area contributed by atoms with E-state index >= 15 is 0 Å². The molecule has 0 bridgehead atoms. The summed E-state index contributed by atoms with van der Waals surface area (Å²) in [6.45, 7) is 6.02. The zero-order valence-corrected chi connectivity index (χ0v) is 17.4. The van der Waals surface area contributed by atoms with Gasteiger partial charge in [0.15, 0.2) is 0 Å². The maximum atomic E-state index is 12.7. The van der Waals surface area contributed by atoms with Gasteiger partial charge in [0.2, 0.25) is 11.0 Å². The average molecular weight is 409 g/mol. The van der Waals surface area contributed by atoms with Crippen molar-refractivity contribution in [2.45, 2.75) is 52.5 Å². The normalized spacial score (nSPS) is 13.0. The molecule has 1 heterocycles. The van der Waals surface area contributed by atoms with Crippen molar-refractivity contribution in [3.63, 3.8) is 0 Å². The number of anilines is 1. The van der Waals surface area contributed by atoms with E-state index in [-0.39, 0.29) is 17.7 Å². The van der Waals surface area contributed by atoms with Crippen molar-refractivity contribution in [2.75, 3.05) is 5.32 Å². The predicted molar refractivity (Wildman–Crippen MR) is 109 cm³/mol. The lowest BCUT2D eigenvalue weighted by Crippen LogP contribution is -2.47. The van der Waals surface area contributed by atoms with E-state index in [1.807, 2.05) is 13.8 Å². The van der Waals surface area contributed by atoms with Gasteiger partial charge in [0, 0.05) is 17.0 Å². The summed E-state index contributed by atoms with van der Waals surface area (Å²) in [5.41, 5.74) is 0.457. The molecule has 0 aliphatic carbocycles. The molecule has 1 aromatic carbocycles. The zero-order valence-electron chi connectivity index (χ0n) is 15.8. The monoisotopic (exact) mass is 408 g/mol. The number of aryl methyl sites for hydroxylation is 1. The van der Waals surface area contributed by atoms with Gasteiger partial charge in [0.05, 0.1) is 0 Å². The van der Waals surface area contributed by atoms with Crippen molar-refractivity contribution in [3.8, 4) is 0 Å². The molecule has 0 aliphatic heterocycles. The summed E-state index contributed by atoms with van der Waals surface area (Å²) in [5.74, 6) is -0.633. The molecule has 2 unspecified atom stereocenters. The molecular weight excluding hydrogens is 384 g/mol. The summed E-state index contributed by atoms with van der Waals surface area (Å²) in [5, 5.41) is 15.7. The second kappa shape index (κ2) is 10.4. The highest BCUT2D eigenvalue weighted by atomic mass is 35.5. The number of hydrogen-bond acceptors (Lipinski definition) is 5. The van der Waals surface area contributed by atoms with Crippen molar-refractivity contribution in [3.05, 3.63) is 39.9 Å². The van der Waals surface area contributed by atoms with E-state index in [1.165, 1.54) is 11.3 Å². The number of benzene rings is 1. The molecule has 2 aromatic rings. The van der Waals surface area contributed by atoms with E-state index in [1.54, 1.807) is 24.3 Å². The standard InChI is InChI=1S/C19H25ClN4O2S/c1-4-6-7-15-23-24-19(27-15)22-18(26)16(12(3)5-2)21-17(25)13-8-10-14(20)11-9-13/h8-12,16H,4-7H2,1-3H3,(H,21,25)(H,22,24,26). The topological polar surface area (TPSA) is 84.0 Å². The summed E-state index contributed by atoms with van der Waals surface area (Å²) in [4.78, 5) is 25.3. The maximum absolute atomic E-state index is 12.7. The Morgan fingerprint density at radius 2 is 1.89 bits per heavy atom. The first-order valence-electron chi connectivity index (χ1n) is 9.14. The molecule has 2 amide bonds. The SMILES string of the molecule is CCCCc1nnc(NC(=O)C(NC(=O)c2ccc(Cl)cc2)C(C)CC)s1. The Bertz CT molecular complexity index is 763. The molecule has 0 saturated carbocycles. The third kappa shape index (κ3) is 6.29. The molecule has 0 fully saturated rings. The fourth-order valence-corrected chi connectivity index (χ4v) is 3.35. The number of hydrogen-bond donors (Lipinski definition) is 2. The number of rotatable bonds is 9. The van der Waals surface area contributed by atoms with Crippen LogP contribution in [-0.4, -0.2) is 28.1 Å². The van der Waals surface area contributed by atoms with E-state index in [0.717, 1.165) is 30.7 Å². The number of amides is 2. The quantitative estimate of drug-likeness (QED) is 0.647. The average Bonchev–Trinajstić information content (AvgIpc) is 3.11. The van der Waals surface area contributed by atoms with Gasteiger partial charge in [-0.2, -0.15) is 0 Å². The molecule has 2 rings (SSSR count). The van der Waals surface area contributed by atoms with E-state index in [9.17, 15) is 9.59 Å². The molecule has 27 heavy (non-hydrogen) atoms. The number of nitrogens with zero attached hydrogens (tertiary/aromatic N) is 2. The molecule has 0 aliphatic rings. The lowest BCUT2D eigenvalue weighted by Gasteiger charge is -2.23. The lowest BCUT2D eigenvalue weighted by atomic mass is 9.98. The van der Waals surface area contributed by atoms with Crippen LogP contribution in [0.25, 0.3) is 0 Å². The minimum Gasteiger partial charge on any atom is -0.340 e. The molecular formula is C19H25ClN4O2S. The van der Waals surface area contributed by atoms with Crippen molar-refractivity contribution < 1.29 is 9.59 Å². The highest BCUT2D eigenvalue weighted by molar-refractivity contribution is 7.15. The fraction of sp³-hybridized carbons (Fsp3) is 0.474. The molecule has 0 radical (unpaired) electrons. The van der Waals surface area contributed by atoms with Gasteiger partial charge in [0.1, 0.15) is 11.0 Å². The summed E-state index contributed by atoms with van der Waals surface area (Å²) in [6, 6.07) is 5.89. The number of aromatic nitrogens is 2. The first kappa shape index (κ1) is 21.3. The van der Waals surface area contributed by atoms with Gasteiger partial charge in [0.25, 0.3) is 5.91 Å². The molecule has 1 aromatic heterocycles. The Morgan fingerprint density at radius 1 is 1.19 bits per heavy atom. The Morgan fingerprint density at radius 3 is 2.52 bits per heavy atom. The molecule has 2 N–H and O–H groups in total. The lowest BCUT2D eigenvalue weighted by molar-refractivity contribution is -0.119. The van der Waals surface area contributed by atoms with Gasteiger partial charge in [-0.3, -0.25) is 14.9 Å². The fourth-order valence-electron chi connectivity index (χ4n) is 2.44. The first-order chi connectivity index (χ1) is 12.9. The van der Waals surface area contributed by atoms with Gasteiger partial charge < -0.3 is 5.32 Å². The largest absolute Gasteiger partial charge is 0.340 e. The Hall–Kier alpha value is -1.99. The summed E-state index contributed by atoms with van der Waals surface area (Å²) >= 11 is 7.24. The summed E-state index contributed by atoms with van der Waals surface area (Å²) in [6.07, 6.45) is 3.71. The number of unbranched alkanes of at least 4 members (excludes halogenated alkanes) is 1. The van der Waals surface area contributed by atoms with Gasteiger partial charge in [-0.1, -0.05) is 56.6 Å². The van der Waals surface area contributed by atoms with E-state index in [4.69, 9.17) is 11.6 Å². The van der Waals surface area contributed by atoms with Crippen LogP contribution in [0.1, 0.15) is 55.4 Å². The van der Waals surface area contributed by atoms with E-state index in [2.05, 4.69) is 27.8 Å². The number of carbonyl (C=O) groups is 2. The van der Waals surface area contributed by atoms with Crippen molar-refractivity contribution in [2.24, 2.45) is 5.92 Å². The van der Waals surface area contributed by atoms with Crippen LogP contribution < -0.4 is 10.6 Å². The molecule has 2 atom stereocenters. The maximum Gasteiger partial charge on any atom is 0.251 e. The smallest absolute Gasteiger partial charge is 0.251 e. The van der Waals surface area contributed by atoms with Crippen LogP contribution in [-0.2, 0) is 11.2 Å². The minimum absolute atomic E-state index is 0.0336. The Labute approximate surface area is 168 Å². The summed E-state index contributed by atoms with van der Waals surface area (Å²) < 4.78 is 0. The van der Waals surface area contributed by atoms with Crippen LogP contribution in [0, 0.1) is 5.92 Å². The predicted octanol–water partition coefficient (Wildman–Crippen LogP) is 4.32. The van der Waals surface area contributed by atoms with Gasteiger partial charge in [-0.05, 0) is 36.6 Å². The highest BCUT2D eigenvalue weighted by Crippen LogP contribution is 2.19. The van der Waals surface area contributed by atoms with Gasteiger partial charge in [-0.25, -0.2) is 0 Å². The minimum atomic E-state index is -0.666.